The van der Waals surface area contributed by atoms with Gasteiger partial charge in [-0.3, -0.25) is 9.68 Å². The molecular formula is C5H14N2O2. The number of hydroxylamine groups is 2. The summed E-state index contributed by atoms with van der Waals surface area (Å²) < 4.78 is 0. The second kappa shape index (κ2) is 3.79. The van der Waals surface area contributed by atoms with Crippen LogP contribution in [0.25, 0.3) is 0 Å². The van der Waals surface area contributed by atoms with Crippen LogP contribution >= 0.6 is 0 Å². The van der Waals surface area contributed by atoms with E-state index in [0.29, 0.717) is 0 Å². The topological polar surface area (TPSA) is 42.5 Å². The van der Waals surface area contributed by atoms with Gasteiger partial charge in [0.2, 0.25) is 5.79 Å². The number of rotatable bonds is 4. The Kier molecular flexibility index (Phi) is 3.72. The van der Waals surface area contributed by atoms with Crippen LogP contribution in [0.4, 0.5) is 0 Å². The average molecular weight is 134 g/mol. The highest BCUT2D eigenvalue weighted by molar-refractivity contribution is 4.47. The van der Waals surface area contributed by atoms with Crippen LogP contribution in [0.5, 0.6) is 0 Å². The number of hydrogen-bond acceptors (Lipinski definition) is 4. The highest BCUT2D eigenvalue weighted by Gasteiger charge is 2.17. The molecule has 0 fully saturated rings. The minimum atomic E-state index is -0.622. The smallest absolute Gasteiger partial charge is 0.200 e. The maximum Gasteiger partial charge on any atom is 0.200 e. The van der Waals surface area contributed by atoms with E-state index in [1.807, 2.05) is 0 Å². The summed E-state index contributed by atoms with van der Waals surface area (Å²) >= 11 is 0. The molecule has 0 saturated carbocycles. The van der Waals surface area contributed by atoms with Crippen molar-refractivity contribution < 1.29 is 9.68 Å². The van der Waals surface area contributed by atoms with E-state index in [0.717, 1.165) is 0 Å². The third kappa shape index (κ3) is 4.35. The molecule has 0 radical (unpaired) electrons. The summed E-state index contributed by atoms with van der Waals surface area (Å²) in [5, 5.41) is 0. The number of hydrogen-bond donors (Lipinski definition) is 2. The zero-order valence-electron chi connectivity index (χ0n) is 6.32. The lowest BCUT2D eigenvalue weighted by atomic mass is 10.4. The van der Waals surface area contributed by atoms with Crippen LogP contribution in [0.1, 0.15) is 13.8 Å². The normalized spacial score (nSPS) is 12.0. The Balaban J connectivity index is 3.43. The monoisotopic (exact) mass is 134 g/mol. The van der Waals surface area contributed by atoms with E-state index in [9.17, 15) is 0 Å². The Morgan fingerprint density at radius 2 is 1.33 bits per heavy atom. The van der Waals surface area contributed by atoms with Gasteiger partial charge >= 0.3 is 0 Å². The fraction of sp³-hybridized carbons (Fsp3) is 1.00. The van der Waals surface area contributed by atoms with Crippen LogP contribution < -0.4 is 11.0 Å². The van der Waals surface area contributed by atoms with Gasteiger partial charge in [-0.05, 0) is 13.8 Å². The van der Waals surface area contributed by atoms with Crippen molar-refractivity contribution >= 4 is 0 Å². The van der Waals surface area contributed by atoms with E-state index in [-0.39, 0.29) is 0 Å². The van der Waals surface area contributed by atoms with E-state index in [2.05, 4.69) is 11.0 Å². The molecule has 0 aromatic rings. The largest absolute Gasteiger partial charge is 0.266 e. The van der Waals surface area contributed by atoms with E-state index in [1.165, 1.54) is 0 Å². The van der Waals surface area contributed by atoms with Crippen molar-refractivity contribution in [2.24, 2.45) is 0 Å². The molecule has 4 nitrogen and oxygen atoms in total. The Bertz CT molecular complexity index is 67.4. The van der Waals surface area contributed by atoms with Crippen molar-refractivity contribution in [1.29, 1.82) is 0 Å². The molecule has 0 rings (SSSR count). The molecule has 0 heterocycles. The summed E-state index contributed by atoms with van der Waals surface area (Å²) in [6, 6.07) is 0. The molecule has 0 aliphatic rings. The zero-order valence-corrected chi connectivity index (χ0v) is 6.32. The molecule has 0 amide bonds. The molecule has 0 unspecified atom stereocenters. The second-order valence-electron chi connectivity index (χ2n) is 2.01. The van der Waals surface area contributed by atoms with Crippen molar-refractivity contribution in [2.45, 2.75) is 19.6 Å². The lowest BCUT2D eigenvalue weighted by Gasteiger charge is -2.22. The van der Waals surface area contributed by atoms with E-state index in [1.54, 1.807) is 27.9 Å². The molecule has 0 saturated heterocycles. The summed E-state index contributed by atoms with van der Waals surface area (Å²) in [7, 11) is 3.36. The van der Waals surface area contributed by atoms with Crippen molar-refractivity contribution in [1.82, 2.24) is 11.0 Å². The quantitative estimate of drug-likeness (QED) is 0.420. The van der Waals surface area contributed by atoms with Crippen LogP contribution in [-0.2, 0) is 9.68 Å². The molecule has 0 atom stereocenters. The van der Waals surface area contributed by atoms with Crippen molar-refractivity contribution in [3.8, 4) is 0 Å². The molecule has 4 heteroatoms. The predicted molar refractivity (Wildman–Crippen MR) is 34.4 cm³/mol. The van der Waals surface area contributed by atoms with Gasteiger partial charge in [-0.1, -0.05) is 0 Å². The second-order valence-corrected chi connectivity index (χ2v) is 2.01. The summed E-state index contributed by atoms with van der Waals surface area (Å²) in [6.07, 6.45) is 0. The minimum absolute atomic E-state index is 0.622. The maximum atomic E-state index is 4.94. The van der Waals surface area contributed by atoms with Gasteiger partial charge in [-0.2, -0.15) is 0 Å². The molecule has 0 aromatic heterocycles. The summed E-state index contributed by atoms with van der Waals surface area (Å²) in [6.45, 7) is 3.58. The Morgan fingerprint density at radius 3 is 1.56 bits per heavy atom. The van der Waals surface area contributed by atoms with Gasteiger partial charge < -0.3 is 0 Å². The van der Waals surface area contributed by atoms with Crippen LogP contribution in [-0.4, -0.2) is 19.9 Å². The summed E-state index contributed by atoms with van der Waals surface area (Å²) in [4.78, 5) is 9.87. The predicted octanol–water partition coefficient (Wildman–Crippen LogP) is 0.0245. The fourth-order valence-electron chi connectivity index (χ4n) is 0.512. The summed E-state index contributed by atoms with van der Waals surface area (Å²) in [5.74, 6) is -0.622. The van der Waals surface area contributed by atoms with Crippen LogP contribution in [0.3, 0.4) is 0 Å². The molecular weight excluding hydrogens is 120 g/mol. The molecule has 2 N–H and O–H groups in total. The molecule has 56 valence electrons. The van der Waals surface area contributed by atoms with Gasteiger partial charge in [0.15, 0.2) is 0 Å². The SMILES string of the molecule is CNOC(C)(C)ONC. The molecule has 0 spiro atoms. The molecule has 0 bridgehead atoms. The van der Waals surface area contributed by atoms with Gasteiger partial charge in [0.1, 0.15) is 0 Å². The first-order chi connectivity index (χ1) is 4.12. The Morgan fingerprint density at radius 1 is 1.00 bits per heavy atom. The van der Waals surface area contributed by atoms with Gasteiger partial charge in [-0.25, -0.2) is 11.0 Å². The third-order valence-electron chi connectivity index (χ3n) is 0.696. The highest BCUT2D eigenvalue weighted by atomic mass is 16.8. The van der Waals surface area contributed by atoms with E-state index in [4.69, 9.17) is 9.68 Å². The Hall–Kier alpha value is -0.160. The lowest BCUT2D eigenvalue weighted by molar-refractivity contribution is -0.266. The zero-order chi connectivity index (χ0) is 7.33. The van der Waals surface area contributed by atoms with Gasteiger partial charge in [0, 0.05) is 14.1 Å². The highest BCUT2D eigenvalue weighted by Crippen LogP contribution is 2.05. The molecule has 0 aliphatic heterocycles. The van der Waals surface area contributed by atoms with Gasteiger partial charge in [0.05, 0.1) is 0 Å². The Labute approximate surface area is 55.4 Å². The number of nitrogens with one attached hydrogen (secondary N) is 2. The maximum absolute atomic E-state index is 4.94. The van der Waals surface area contributed by atoms with Crippen molar-refractivity contribution in [2.75, 3.05) is 14.1 Å². The standard InChI is InChI=1S/C5H14N2O2/c1-5(2,8-6-3)9-7-4/h6-7H,1-4H3. The molecule has 9 heavy (non-hydrogen) atoms. The van der Waals surface area contributed by atoms with Gasteiger partial charge in [-0.15, -0.1) is 0 Å². The average Bonchev–Trinajstić information content (AvgIpc) is 1.64. The van der Waals surface area contributed by atoms with Crippen LogP contribution in [0, 0.1) is 0 Å². The van der Waals surface area contributed by atoms with Crippen molar-refractivity contribution in [3.05, 3.63) is 0 Å². The first-order valence-corrected chi connectivity index (χ1v) is 2.82. The van der Waals surface area contributed by atoms with E-state index < -0.39 is 5.79 Å². The lowest BCUT2D eigenvalue weighted by Crippen LogP contribution is -2.37. The minimum Gasteiger partial charge on any atom is -0.266 e. The molecule has 0 aliphatic carbocycles. The fourth-order valence-corrected chi connectivity index (χ4v) is 0.512. The van der Waals surface area contributed by atoms with Crippen LogP contribution in [0.2, 0.25) is 0 Å². The van der Waals surface area contributed by atoms with Crippen LogP contribution in [0.15, 0.2) is 0 Å². The van der Waals surface area contributed by atoms with Crippen molar-refractivity contribution in [3.63, 3.8) is 0 Å². The molecule has 0 aromatic carbocycles. The third-order valence-corrected chi connectivity index (χ3v) is 0.696. The van der Waals surface area contributed by atoms with E-state index >= 15 is 0 Å². The summed E-state index contributed by atoms with van der Waals surface area (Å²) in [5.41, 5.74) is 5.06. The first kappa shape index (κ1) is 8.84. The first-order valence-electron chi connectivity index (χ1n) is 2.82. The van der Waals surface area contributed by atoms with Gasteiger partial charge in [0.25, 0.3) is 0 Å².